The predicted molar refractivity (Wildman–Crippen MR) is 99.4 cm³/mol. The molecule has 0 radical (unpaired) electrons. The van der Waals surface area contributed by atoms with Crippen LogP contribution in [0, 0.1) is 11.3 Å². The van der Waals surface area contributed by atoms with Crippen LogP contribution in [0.2, 0.25) is 0 Å². The Bertz CT molecular complexity index is 1010. The third-order valence-electron chi connectivity index (χ3n) is 4.21. The molecule has 0 aliphatic heterocycles. The number of benzene rings is 2. The Balaban J connectivity index is 1.89. The molecule has 144 valence electrons. The van der Waals surface area contributed by atoms with Crippen LogP contribution in [0.3, 0.4) is 0 Å². The van der Waals surface area contributed by atoms with Crippen LogP contribution < -0.4 is 0 Å². The molecule has 1 aromatic heterocycles. The highest BCUT2D eigenvalue weighted by molar-refractivity contribution is 7.98. The van der Waals surface area contributed by atoms with E-state index < -0.39 is 11.7 Å². The minimum absolute atomic E-state index is 0.0617. The average molecular weight is 403 g/mol. The van der Waals surface area contributed by atoms with Gasteiger partial charge in [-0.25, -0.2) is 4.98 Å². The predicted octanol–water partition coefficient (Wildman–Crippen LogP) is 4.61. The summed E-state index contributed by atoms with van der Waals surface area (Å²) in [4.78, 5) is 4.25. The van der Waals surface area contributed by atoms with Crippen molar-refractivity contribution in [2.75, 3.05) is 0 Å². The molecule has 0 amide bonds. The van der Waals surface area contributed by atoms with Gasteiger partial charge in [0.2, 0.25) is 0 Å². The zero-order valence-electron chi connectivity index (χ0n) is 14.6. The van der Waals surface area contributed by atoms with Crippen LogP contribution in [-0.4, -0.2) is 14.7 Å². The number of aliphatic hydroxyl groups excluding tert-OH is 1. The van der Waals surface area contributed by atoms with Gasteiger partial charge in [-0.2, -0.15) is 18.4 Å². The lowest BCUT2D eigenvalue weighted by Gasteiger charge is -2.16. The van der Waals surface area contributed by atoms with Crippen LogP contribution in [-0.2, 0) is 25.1 Å². The second kappa shape index (κ2) is 8.50. The van der Waals surface area contributed by atoms with Crippen molar-refractivity contribution < 1.29 is 18.3 Å². The molecule has 0 bridgehead atoms. The molecule has 0 spiro atoms. The maximum Gasteiger partial charge on any atom is 0.416 e. The summed E-state index contributed by atoms with van der Waals surface area (Å²) in [6, 6.07) is 14.6. The van der Waals surface area contributed by atoms with Gasteiger partial charge in [-0.3, -0.25) is 0 Å². The van der Waals surface area contributed by atoms with Crippen molar-refractivity contribution in [3.8, 4) is 6.07 Å². The van der Waals surface area contributed by atoms with E-state index >= 15 is 0 Å². The van der Waals surface area contributed by atoms with Crippen LogP contribution in [0.4, 0.5) is 13.2 Å². The molecule has 1 N–H and O–H groups in total. The quantitative estimate of drug-likeness (QED) is 0.611. The molecule has 28 heavy (non-hydrogen) atoms. The van der Waals surface area contributed by atoms with Gasteiger partial charge in [-0.05, 0) is 23.3 Å². The zero-order valence-corrected chi connectivity index (χ0v) is 15.5. The standard InChI is InChI=1S/C20H16F3N3OS/c21-20(22,23)18-8-4-3-6-15(18)11-26-17(12-27)10-25-19(26)28-13-16-7-2-1-5-14(16)9-24/h1-8,10,27H,11-13H2. The Kier molecular flexibility index (Phi) is 6.07. The van der Waals surface area contributed by atoms with Gasteiger partial charge in [-0.1, -0.05) is 48.2 Å². The van der Waals surface area contributed by atoms with Crippen LogP contribution in [0.5, 0.6) is 0 Å². The summed E-state index contributed by atoms with van der Waals surface area (Å²) < 4.78 is 41.5. The highest BCUT2D eigenvalue weighted by atomic mass is 32.2. The van der Waals surface area contributed by atoms with Gasteiger partial charge in [0.1, 0.15) is 0 Å². The monoisotopic (exact) mass is 403 g/mol. The first-order valence-electron chi connectivity index (χ1n) is 8.35. The Morgan fingerprint density at radius 1 is 1.07 bits per heavy atom. The molecule has 0 saturated heterocycles. The minimum atomic E-state index is -4.46. The number of alkyl halides is 3. The fourth-order valence-corrected chi connectivity index (χ4v) is 3.81. The third kappa shape index (κ3) is 4.38. The third-order valence-corrected chi connectivity index (χ3v) is 5.25. The SMILES string of the molecule is N#Cc1ccccc1CSc1ncc(CO)n1Cc1ccccc1C(F)(F)F. The number of hydrogen-bond acceptors (Lipinski definition) is 4. The average Bonchev–Trinajstić information content (AvgIpc) is 3.07. The first kappa shape index (κ1) is 20.0. The highest BCUT2D eigenvalue weighted by Gasteiger charge is 2.33. The van der Waals surface area contributed by atoms with E-state index in [-0.39, 0.29) is 18.7 Å². The molecule has 0 aliphatic rings. The molecule has 0 unspecified atom stereocenters. The minimum Gasteiger partial charge on any atom is -0.390 e. The maximum absolute atomic E-state index is 13.3. The lowest BCUT2D eigenvalue weighted by Crippen LogP contribution is -2.13. The normalized spacial score (nSPS) is 11.4. The van der Waals surface area contributed by atoms with Crippen LogP contribution in [0.15, 0.2) is 59.9 Å². The van der Waals surface area contributed by atoms with Crippen molar-refractivity contribution in [3.05, 3.63) is 82.7 Å². The molecule has 2 aromatic carbocycles. The summed E-state index contributed by atoms with van der Waals surface area (Å²) in [5.41, 5.74) is 1.16. The number of nitriles is 1. The second-order valence-electron chi connectivity index (χ2n) is 5.99. The van der Waals surface area contributed by atoms with E-state index in [1.807, 2.05) is 12.1 Å². The highest BCUT2D eigenvalue weighted by Crippen LogP contribution is 2.33. The van der Waals surface area contributed by atoms with E-state index in [0.717, 1.165) is 11.6 Å². The van der Waals surface area contributed by atoms with Crippen LogP contribution >= 0.6 is 11.8 Å². The van der Waals surface area contributed by atoms with Gasteiger partial charge in [0.15, 0.2) is 5.16 Å². The van der Waals surface area contributed by atoms with Crippen LogP contribution in [0.25, 0.3) is 0 Å². The number of aromatic nitrogens is 2. The summed E-state index contributed by atoms with van der Waals surface area (Å²) in [5, 5.41) is 19.2. The Morgan fingerprint density at radius 2 is 1.75 bits per heavy atom. The van der Waals surface area contributed by atoms with E-state index in [1.54, 1.807) is 22.8 Å². The topological polar surface area (TPSA) is 61.8 Å². The van der Waals surface area contributed by atoms with E-state index in [1.165, 1.54) is 30.1 Å². The van der Waals surface area contributed by atoms with Crippen molar-refractivity contribution in [2.24, 2.45) is 0 Å². The Labute approximate surface area is 164 Å². The van der Waals surface area contributed by atoms with Crippen molar-refractivity contribution in [1.29, 1.82) is 5.26 Å². The molecule has 0 aliphatic carbocycles. The number of rotatable bonds is 6. The molecule has 0 atom stereocenters. The second-order valence-corrected chi connectivity index (χ2v) is 6.93. The molecule has 3 aromatic rings. The number of halogens is 3. The summed E-state index contributed by atoms with van der Waals surface area (Å²) in [6.07, 6.45) is -3.01. The zero-order chi connectivity index (χ0) is 20.1. The maximum atomic E-state index is 13.3. The Hall–Kier alpha value is -2.76. The lowest BCUT2D eigenvalue weighted by molar-refractivity contribution is -0.138. The number of hydrogen-bond donors (Lipinski definition) is 1. The number of thioether (sulfide) groups is 1. The van der Waals surface area contributed by atoms with Crippen molar-refractivity contribution in [1.82, 2.24) is 9.55 Å². The molecular weight excluding hydrogens is 387 g/mol. The smallest absolute Gasteiger partial charge is 0.390 e. The first-order valence-corrected chi connectivity index (χ1v) is 9.33. The van der Waals surface area contributed by atoms with Crippen molar-refractivity contribution in [2.45, 2.75) is 30.2 Å². The number of imidazole rings is 1. The summed E-state index contributed by atoms with van der Waals surface area (Å²) in [5.74, 6) is 0.437. The van der Waals surface area contributed by atoms with Gasteiger partial charge in [-0.15, -0.1) is 0 Å². The van der Waals surface area contributed by atoms with E-state index in [9.17, 15) is 23.5 Å². The molecule has 3 rings (SSSR count). The molecule has 8 heteroatoms. The first-order chi connectivity index (χ1) is 13.4. The van der Waals surface area contributed by atoms with E-state index in [0.29, 0.717) is 22.2 Å². The van der Waals surface area contributed by atoms with Gasteiger partial charge < -0.3 is 9.67 Å². The van der Waals surface area contributed by atoms with Gasteiger partial charge >= 0.3 is 6.18 Å². The van der Waals surface area contributed by atoms with E-state index in [4.69, 9.17) is 0 Å². The fourth-order valence-electron chi connectivity index (χ4n) is 2.81. The largest absolute Gasteiger partial charge is 0.416 e. The summed E-state index contributed by atoms with van der Waals surface area (Å²) in [7, 11) is 0. The molecular formula is C20H16F3N3OS. The van der Waals surface area contributed by atoms with Crippen molar-refractivity contribution >= 4 is 11.8 Å². The van der Waals surface area contributed by atoms with Gasteiger partial charge in [0, 0.05) is 5.75 Å². The Morgan fingerprint density at radius 3 is 2.43 bits per heavy atom. The molecule has 0 fully saturated rings. The van der Waals surface area contributed by atoms with Gasteiger partial charge in [0.05, 0.1) is 42.2 Å². The lowest BCUT2D eigenvalue weighted by atomic mass is 10.1. The molecule has 0 saturated carbocycles. The summed E-state index contributed by atoms with van der Waals surface area (Å²) in [6.45, 7) is -0.398. The number of nitrogens with zero attached hydrogens (tertiary/aromatic N) is 3. The van der Waals surface area contributed by atoms with Crippen LogP contribution in [0.1, 0.15) is 27.9 Å². The molecule has 1 heterocycles. The van der Waals surface area contributed by atoms with Crippen molar-refractivity contribution in [3.63, 3.8) is 0 Å². The summed E-state index contributed by atoms with van der Waals surface area (Å²) >= 11 is 1.31. The number of aliphatic hydroxyl groups is 1. The van der Waals surface area contributed by atoms with E-state index in [2.05, 4.69) is 11.1 Å². The fraction of sp³-hybridized carbons (Fsp3) is 0.200. The van der Waals surface area contributed by atoms with Gasteiger partial charge in [0.25, 0.3) is 0 Å². The molecule has 4 nitrogen and oxygen atoms in total.